The molecule has 0 spiro atoms. The molecule has 2 amide bonds. The van der Waals surface area contributed by atoms with E-state index in [4.69, 9.17) is 0 Å². The minimum absolute atomic E-state index is 0.0350. The molecule has 1 aromatic heterocycles. The minimum Gasteiger partial charge on any atom is -0.339 e. The van der Waals surface area contributed by atoms with Crippen molar-refractivity contribution in [3.05, 3.63) is 90.0 Å². The van der Waals surface area contributed by atoms with E-state index >= 15 is 0 Å². The fourth-order valence-electron chi connectivity index (χ4n) is 4.24. The van der Waals surface area contributed by atoms with Crippen molar-refractivity contribution in [2.24, 2.45) is 0 Å². The molecule has 32 heavy (non-hydrogen) atoms. The fourth-order valence-corrected chi connectivity index (χ4v) is 4.24. The molecule has 6 heteroatoms. The van der Waals surface area contributed by atoms with Gasteiger partial charge in [-0.2, -0.15) is 0 Å². The van der Waals surface area contributed by atoms with Crippen LogP contribution in [0, 0.1) is 5.82 Å². The number of carbonyl (C=O) groups excluding carboxylic acids is 2. The van der Waals surface area contributed by atoms with Gasteiger partial charge in [-0.15, -0.1) is 0 Å². The number of piperazine rings is 1. The maximum atomic E-state index is 13.3. The molecule has 1 saturated heterocycles. The van der Waals surface area contributed by atoms with Gasteiger partial charge in [0.2, 0.25) is 11.8 Å². The number of halogens is 1. The second-order valence-electron chi connectivity index (χ2n) is 7.93. The molecular weight excluding hydrogens is 405 g/mol. The normalized spacial score (nSPS) is 16.3. The number of hydrogen-bond donors (Lipinski definition) is 0. The lowest BCUT2D eigenvalue weighted by Crippen LogP contribution is -2.59. The molecule has 0 bridgehead atoms. The van der Waals surface area contributed by atoms with Crippen molar-refractivity contribution in [2.45, 2.75) is 25.8 Å². The highest BCUT2D eigenvalue weighted by Crippen LogP contribution is 2.26. The summed E-state index contributed by atoms with van der Waals surface area (Å²) in [6.45, 7) is 3.57. The first-order chi connectivity index (χ1) is 15.6. The van der Waals surface area contributed by atoms with Crippen molar-refractivity contribution in [3.8, 4) is 11.1 Å². The Bertz CT molecular complexity index is 1090. The van der Waals surface area contributed by atoms with E-state index in [1.54, 1.807) is 34.3 Å². The molecule has 0 N–H and O–H groups in total. The van der Waals surface area contributed by atoms with Gasteiger partial charge in [0.15, 0.2) is 0 Å². The predicted molar refractivity (Wildman–Crippen MR) is 121 cm³/mol. The first-order valence-corrected chi connectivity index (χ1v) is 10.9. The van der Waals surface area contributed by atoms with Crippen LogP contribution in [0.5, 0.6) is 0 Å². The third-order valence-electron chi connectivity index (χ3n) is 5.96. The summed E-state index contributed by atoms with van der Waals surface area (Å²) in [6.07, 6.45) is 4.10. The van der Waals surface area contributed by atoms with Crippen LogP contribution in [-0.4, -0.2) is 52.3 Å². The summed E-state index contributed by atoms with van der Waals surface area (Å²) in [5, 5.41) is 0. The molecule has 4 rings (SSSR count). The number of rotatable bonds is 6. The Labute approximate surface area is 187 Å². The Morgan fingerprint density at radius 1 is 1.06 bits per heavy atom. The number of benzene rings is 2. The maximum Gasteiger partial charge on any atom is 0.245 e. The SMILES string of the molecule is CCN1CCN(C(=O)Cc2ccc(F)cc2)[C@H](Cc2ccccc2-c2cccnc2)C1=O. The number of hydrogen-bond acceptors (Lipinski definition) is 3. The number of likely N-dealkylation sites (N-methyl/N-ethyl adjacent to an activating group) is 1. The number of aromatic nitrogens is 1. The first kappa shape index (κ1) is 21.7. The first-order valence-electron chi connectivity index (χ1n) is 10.9. The van der Waals surface area contributed by atoms with Gasteiger partial charge < -0.3 is 9.80 Å². The highest BCUT2D eigenvalue weighted by molar-refractivity contribution is 5.90. The third-order valence-corrected chi connectivity index (χ3v) is 5.96. The summed E-state index contributed by atoms with van der Waals surface area (Å²) < 4.78 is 13.2. The smallest absolute Gasteiger partial charge is 0.245 e. The average molecular weight is 432 g/mol. The molecule has 5 nitrogen and oxygen atoms in total. The molecule has 1 fully saturated rings. The highest BCUT2D eigenvalue weighted by atomic mass is 19.1. The van der Waals surface area contributed by atoms with Gasteiger partial charge in [0, 0.05) is 44.0 Å². The van der Waals surface area contributed by atoms with Gasteiger partial charge in [-0.1, -0.05) is 42.5 Å². The van der Waals surface area contributed by atoms with Gasteiger partial charge >= 0.3 is 0 Å². The van der Waals surface area contributed by atoms with Gasteiger partial charge in [0.05, 0.1) is 6.42 Å². The molecule has 2 aromatic carbocycles. The van der Waals surface area contributed by atoms with Crippen LogP contribution in [0.1, 0.15) is 18.1 Å². The number of carbonyl (C=O) groups is 2. The molecule has 0 aliphatic carbocycles. The van der Waals surface area contributed by atoms with Crippen LogP contribution in [0.15, 0.2) is 73.1 Å². The molecular formula is C26H26FN3O2. The third kappa shape index (κ3) is 4.69. The Morgan fingerprint density at radius 2 is 1.84 bits per heavy atom. The van der Waals surface area contributed by atoms with Crippen molar-refractivity contribution in [3.63, 3.8) is 0 Å². The van der Waals surface area contributed by atoms with Crippen molar-refractivity contribution >= 4 is 11.8 Å². The van der Waals surface area contributed by atoms with Crippen LogP contribution in [0.2, 0.25) is 0 Å². The average Bonchev–Trinajstić information content (AvgIpc) is 2.82. The topological polar surface area (TPSA) is 53.5 Å². The van der Waals surface area contributed by atoms with E-state index in [-0.39, 0.29) is 24.1 Å². The number of amides is 2. The lowest BCUT2D eigenvalue weighted by Gasteiger charge is -2.40. The van der Waals surface area contributed by atoms with Crippen LogP contribution in [0.4, 0.5) is 4.39 Å². The van der Waals surface area contributed by atoms with Crippen LogP contribution >= 0.6 is 0 Å². The van der Waals surface area contributed by atoms with Gasteiger partial charge in [-0.25, -0.2) is 4.39 Å². The van der Waals surface area contributed by atoms with E-state index in [2.05, 4.69) is 4.98 Å². The van der Waals surface area contributed by atoms with E-state index in [1.807, 2.05) is 43.3 Å². The monoisotopic (exact) mass is 431 g/mol. The molecule has 0 radical (unpaired) electrons. The second-order valence-corrected chi connectivity index (χ2v) is 7.93. The zero-order valence-corrected chi connectivity index (χ0v) is 18.1. The van der Waals surface area contributed by atoms with Gasteiger partial charge in [-0.3, -0.25) is 14.6 Å². The zero-order valence-electron chi connectivity index (χ0n) is 18.1. The van der Waals surface area contributed by atoms with E-state index in [1.165, 1.54) is 12.1 Å². The van der Waals surface area contributed by atoms with Gasteiger partial charge in [-0.05, 0) is 41.8 Å². The molecule has 2 heterocycles. The molecule has 164 valence electrons. The standard InChI is InChI=1S/C26H26FN3O2/c1-2-29-14-15-30(25(31)16-19-9-11-22(27)12-10-19)24(26(29)32)17-20-6-3-4-8-23(20)21-7-5-13-28-18-21/h3-13,18,24H,2,14-17H2,1H3/t24-/m1/s1. The Balaban J connectivity index is 1.62. The predicted octanol–water partition coefficient (Wildman–Crippen LogP) is 3.73. The highest BCUT2D eigenvalue weighted by Gasteiger charge is 2.37. The number of pyridine rings is 1. The van der Waals surface area contributed by atoms with E-state index in [0.717, 1.165) is 22.3 Å². The Morgan fingerprint density at radius 3 is 2.56 bits per heavy atom. The largest absolute Gasteiger partial charge is 0.339 e. The van der Waals surface area contributed by atoms with Crippen molar-refractivity contribution in [1.82, 2.24) is 14.8 Å². The summed E-state index contributed by atoms with van der Waals surface area (Å²) in [5.41, 5.74) is 3.71. The molecule has 1 aliphatic heterocycles. The van der Waals surface area contributed by atoms with E-state index in [0.29, 0.717) is 26.1 Å². The Hall–Kier alpha value is -3.54. The fraction of sp³-hybridized carbons (Fsp3) is 0.269. The summed E-state index contributed by atoms with van der Waals surface area (Å²) in [5.74, 6) is -0.491. The zero-order chi connectivity index (χ0) is 22.5. The van der Waals surface area contributed by atoms with Gasteiger partial charge in [0.1, 0.15) is 11.9 Å². The molecule has 0 saturated carbocycles. The van der Waals surface area contributed by atoms with E-state index in [9.17, 15) is 14.0 Å². The minimum atomic E-state index is -0.575. The molecule has 0 unspecified atom stereocenters. The summed E-state index contributed by atoms with van der Waals surface area (Å²) in [6, 6.07) is 17.2. The van der Waals surface area contributed by atoms with Crippen molar-refractivity contribution in [1.29, 1.82) is 0 Å². The Kier molecular flexibility index (Phi) is 6.59. The number of nitrogens with zero attached hydrogens (tertiary/aromatic N) is 3. The van der Waals surface area contributed by atoms with Gasteiger partial charge in [0.25, 0.3) is 0 Å². The molecule has 1 atom stereocenters. The molecule has 1 aliphatic rings. The second kappa shape index (κ2) is 9.73. The summed E-state index contributed by atoms with van der Waals surface area (Å²) in [7, 11) is 0. The van der Waals surface area contributed by atoms with Crippen molar-refractivity contribution < 1.29 is 14.0 Å². The van der Waals surface area contributed by atoms with Crippen LogP contribution in [0.3, 0.4) is 0 Å². The lowest BCUT2D eigenvalue weighted by atomic mass is 9.93. The summed E-state index contributed by atoms with van der Waals surface area (Å²) >= 11 is 0. The lowest BCUT2D eigenvalue weighted by molar-refractivity contribution is -0.150. The quantitative estimate of drug-likeness (QED) is 0.598. The van der Waals surface area contributed by atoms with Crippen molar-refractivity contribution in [2.75, 3.05) is 19.6 Å². The van der Waals surface area contributed by atoms with E-state index < -0.39 is 6.04 Å². The van der Waals surface area contributed by atoms with Crippen LogP contribution in [-0.2, 0) is 22.4 Å². The van der Waals surface area contributed by atoms with Crippen LogP contribution in [0.25, 0.3) is 11.1 Å². The molecule has 3 aromatic rings. The van der Waals surface area contributed by atoms with Crippen LogP contribution < -0.4 is 0 Å². The summed E-state index contributed by atoms with van der Waals surface area (Å²) in [4.78, 5) is 34.2. The maximum absolute atomic E-state index is 13.3.